The summed E-state index contributed by atoms with van der Waals surface area (Å²) in [5.74, 6) is 0. The fourth-order valence-corrected chi connectivity index (χ4v) is 1.85. The molecule has 0 aliphatic rings. The standard InChI is InChI=1S/C14H19NO3S/c1-14(2,3)18-13(17)15-12(9-16)10-5-7-11(19-4)8-6-10/h5-9,12H,1-4H3,(H,15,17). The van der Waals surface area contributed by atoms with Crippen LogP contribution in [0.4, 0.5) is 4.79 Å². The van der Waals surface area contributed by atoms with Crippen LogP contribution in [0.15, 0.2) is 29.2 Å². The monoisotopic (exact) mass is 281 g/mol. The average molecular weight is 281 g/mol. The molecule has 4 nitrogen and oxygen atoms in total. The number of carbonyl (C=O) groups excluding carboxylic acids is 2. The lowest BCUT2D eigenvalue weighted by Gasteiger charge is -2.21. The number of carbonyl (C=O) groups is 2. The minimum absolute atomic E-state index is 0.583. The first-order valence-corrected chi connectivity index (χ1v) is 7.17. The van der Waals surface area contributed by atoms with E-state index in [0.717, 1.165) is 10.5 Å². The van der Waals surface area contributed by atoms with Gasteiger partial charge in [0, 0.05) is 4.90 Å². The predicted octanol–water partition coefficient (Wildman–Crippen LogP) is 3.17. The molecule has 0 fully saturated rings. The Kier molecular flexibility index (Phi) is 5.42. The van der Waals surface area contributed by atoms with Gasteiger partial charge in [-0.2, -0.15) is 0 Å². The molecule has 1 rings (SSSR count). The van der Waals surface area contributed by atoms with Crippen molar-refractivity contribution in [2.45, 2.75) is 37.3 Å². The molecule has 0 heterocycles. The summed E-state index contributed by atoms with van der Waals surface area (Å²) < 4.78 is 5.12. The van der Waals surface area contributed by atoms with Crippen molar-refractivity contribution < 1.29 is 14.3 Å². The number of benzene rings is 1. The van der Waals surface area contributed by atoms with Gasteiger partial charge in [0.25, 0.3) is 0 Å². The lowest BCUT2D eigenvalue weighted by Crippen LogP contribution is -2.35. The number of hydrogen-bond donors (Lipinski definition) is 1. The van der Waals surface area contributed by atoms with Crippen LogP contribution >= 0.6 is 11.8 Å². The molecule has 0 bridgehead atoms. The normalized spacial score (nSPS) is 12.6. The Morgan fingerprint density at radius 3 is 2.32 bits per heavy atom. The number of ether oxygens (including phenoxy) is 1. The van der Waals surface area contributed by atoms with Crippen molar-refractivity contribution in [1.29, 1.82) is 0 Å². The Labute approximate surface area is 117 Å². The molecule has 1 amide bonds. The molecule has 0 aliphatic carbocycles. The van der Waals surface area contributed by atoms with Gasteiger partial charge in [-0.15, -0.1) is 11.8 Å². The largest absolute Gasteiger partial charge is 0.444 e. The molecule has 1 aromatic rings. The van der Waals surface area contributed by atoms with E-state index in [1.54, 1.807) is 32.5 Å². The highest BCUT2D eigenvalue weighted by atomic mass is 32.2. The Hall–Kier alpha value is -1.49. The minimum atomic E-state index is -0.689. The van der Waals surface area contributed by atoms with E-state index in [1.165, 1.54) is 0 Å². The predicted molar refractivity (Wildman–Crippen MR) is 76.4 cm³/mol. The van der Waals surface area contributed by atoms with E-state index in [9.17, 15) is 9.59 Å². The molecule has 0 aromatic heterocycles. The van der Waals surface area contributed by atoms with Crippen LogP contribution < -0.4 is 5.32 Å². The first kappa shape index (κ1) is 15.6. The summed E-state index contributed by atoms with van der Waals surface area (Å²) >= 11 is 1.62. The molecule has 1 unspecified atom stereocenters. The third kappa shape index (κ3) is 5.34. The van der Waals surface area contributed by atoms with Gasteiger partial charge in [-0.25, -0.2) is 4.79 Å². The topological polar surface area (TPSA) is 55.4 Å². The second-order valence-electron chi connectivity index (χ2n) is 5.03. The molecule has 0 saturated heterocycles. The van der Waals surface area contributed by atoms with Gasteiger partial charge in [0.15, 0.2) is 0 Å². The lowest BCUT2D eigenvalue weighted by molar-refractivity contribution is -0.109. The first-order chi connectivity index (χ1) is 8.85. The second kappa shape index (κ2) is 6.61. The Morgan fingerprint density at radius 2 is 1.89 bits per heavy atom. The number of thioether (sulfide) groups is 1. The van der Waals surface area contributed by atoms with Gasteiger partial charge >= 0.3 is 6.09 Å². The highest BCUT2D eigenvalue weighted by molar-refractivity contribution is 7.98. The zero-order valence-electron chi connectivity index (χ0n) is 11.6. The average Bonchev–Trinajstić information content (AvgIpc) is 2.34. The van der Waals surface area contributed by atoms with E-state index in [4.69, 9.17) is 4.74 Å². The third-order valence-electron chi connectivity index (χ3n) is 2.28. The fourth-order valence-electron chi connectivity index (χ4n) is 1.44. The molecule has 1 atom stereocenters. The third-order valence-corrected chi connectivity index (χ3v) is 3.03. The molecule has 0 radical (unpaired) electrons. The van der Waals surface area contributed by atoms with Gasteiger partial charge in [0.2, 0.25) is 0 Å². The summed E-state index contributed by atoms with van der Waals surface area (Å²) in [6.45, 7) is 5.32. The number of aldehydes is 1. The molecule has 19 heavy (non-hydrogen) atoms. The van der Waals surface area contributed by atoms with Crippen molar-refractivity contribution in [1.82, 2.24) is 5.32 Å². The van der Waals surface area contributed by atoms with Crippen molar-refractivity contribution in [3.63, 3.8) is 0 Å². The maximum Gasteiger partial charge on any atom is 0.408 e. The van der Waals surface area contributed by atoms with Crippen molar-refractivity contribution in [3.8, 4) is 0 Å². The van der Waals surface area contributed by atoms with Crippen LogP contribution in [0.25, 0.3) is 0 Å². The molecule has 1 aromatic carbocycles. The van der Waals surface area contributed by atoms with Gasteiger partial charge < -0.3 is 14.8 Å². The van der Waals surface area contributed by atoms with Gasteiger partial charge in [-0.05, 0) is 44.7 Å². The summed E-state index contributed by atoms with van der Waals surface area (Å²) in [4.78, 5) is 23.8. The minimum Gasteiger partial charge on any atom is -0.444 e. The molecule has 5 heteroatoms. The zero-order chi connectivity index (χ0) is 14.5. The molecular weight excluding hydrogens is 262 g/mol. The summed E-state index contributed by atoms with van der Waals surface area (Å²) in [5.41, 5.74) is 0.152. The van der Waals surface area contributed by atoms with Gasteiger partial charge in [-0.3, -0.25) is 0 Å². The van der Waals surface area contributed by atoms with Crippen LogP contribution in [-0.2, 0) is 9.53 Å². The van der Waals surface area contributed by atoms with Crippen LogP contribution in [0.5, 0.6) is 0 Å². The summed E-state index contributed by atoms with van der Waals surface area (Å²) in [7, 11) is 0. The quantitative estimate of drug-likeness (QED) is 0.680. The Morgan fingerprint density at radius 1 is 1.32 bits per heavy atom. The van der Waals surface area contributed by atoms with Crippen molar-refractivity contribution in [2.24, 2.45) is 0 Å². The van der Waals surface area contributed by atoms with E-state index in [2.05, 4.69) is 5.32 Å². The smallest absolute Gasteiger partial charge is 0.408 e. The molecule has 0 saturated carbocycles. The summed E-state index contributed by atoms with van der Waals surface area (Å²) in [6, 6.07) is 6.77. The van der Waals surface area contributed by atoms with Gasteiger partial charge in [0.1, 0.15) is 17.9 Å². The van der Waals surface area contributed by atoms with E-state index in [0.29, 0.717) is 6.29 Å². The lowest BCUT2D eigenvalue weighted by atomic mass is 10.1. The van der Waals surface area contributed by atoms with Crippen LogP contribution in [-0.4, -0.2) is 24.2 Å². The number of hydrogen-bond acceptors (Lipinski definition) is 4. The van der Waals surface area contributed by atoms with E-state index in [1.807, 2.05) is 30.5 Å². The maximum atomic E-state index is 11.6. The Balaban J connectivity index is 2.72. The number of nitrogens with one attached hydrogen (secondary N) is 1. The van der Waals surface area contributed by atoms with E-state index < -0.39 is 17.7 Å². The van der Waals surface area contributed by atoms with Crippen molar-refractivity contribution >= 4 is 24.1 Å². The molecular formula is C14H19NO3S. The highest BCUT2D eigenvalue weighted by Gasteiger charge is 2.20. The van der Waals surface area contributed by atoms with Crippen LogP contribution in [0, 0.1) is 0 Å². The molecule has 0 spiro atoms. The Bertz CT molecular complexity index is 437. The SMILES string of the molecule is CSc1ccc(C(C=O)NC(=O)OC(C)(C)C)cc1. The van der Waals surface area contributed by atoms with Crippen molar-refractivity contribution in [2.75, 3.05) is 6.26 Å². The molecule has 104 valence electrons. The highest BCUT2D eigenvalue weighted by Crippen LogP contribution is 2.18. The maximum absolute atomic E-state index is 11.6. The van der Waals surface area contributed by atoms with Gasteiger partial charge in [0.05, 0.1) is 0 Å². The number of alkyl carbamates (subject to hydrolysis) is 1. The van der Waals surface area contributed by atoms with Crippen LogP contribution in [0.1, 0.15) is 32.4 Å². The summed E-state index contributed by atoms with van der Waals surface area (Å²) in [6.07, 6.45) is 2.07. The molecule has 0 aliphatic heterocycles. The molecule has 1 N–H and O–H groups in total. The van der Waals surface area contributed by atoms with Gasteiger partial charge in [-0.1, -0.05) is 12.1 Å². The van der Waals surface area contributed by atoms with Crippen molar-refractivity contribution in [3.05, 3.63) is 29.8 Å². The fraction of sp³-hybridized carbons (Fsp3) is 0.429. The van der Waals surface area contributed by atoms with E-state index >= 15 is 0 Å². The van der Waals surface area contributed by atoms with Crippen LogP contribution in [0.2, 0.25) is 0 Å². The number of amides is 1. The second-order valence-corrected chi connectivity index (χ2v) is 5.91. The zero-order valence-corrected chi connectivity index (χ0v) is 12.4. The van der Waals surface area contributed by atoms with E-state index in [-0.39, 0.29) is 0 Å². The number of rotatable bonds is 4. The van der Waals surface area contributed by atoms with Crippen LogP contribution in [0.3, 0.4) is 0 Å². The summed E-state index contributed by atoms with van der Waals surface area (Å²) in [5, 5.41) is 2.54. The first-order valence-electron chi connectivity index (χ1n) is 5.94.